The van der Waals surface area contributed by atoms with Gasteiger partial charge in [0, 0.05) is 19.3 Å². The van der Waals surface area contributed by atoms with Crippen molar-refractivity contribution in [3.8, 4) is 23.0 Å². The number of aliphatic carboxylic acids is 4. The number of unbranched alkanes of at least 4 members (excludes halogenated alkanes) is 11. The van der Waals surface area contributed by atoms with Crippen molar-refractivity contribution < 1.29 is 138 Å². The van der Waals surface area contributed by atoms with Crippen molar-refractivity contribution >= 4 is 47.8 Å². The molecule has 20 atom stereocenters. The minimum Gasteiger partial charge on any atom is -0.482 e. The second-order valence-electron chi connectivity index (χ2n) is 40.4. The molecule has 138 heavy (non-hydrogen) atoms. The van der Waals surface area contributed by atoms with Gasteiger partial charge in [0.1, 0.15) is 29.6 Å². The molecule has 4 aromatic rings. The predicted octanol–water partition coefficient (Wildman–Crippen LogP) is 16.4. The Bertz CT molecular complexity index is 4340. The summed E-state index contributed by atoms with van der Waals surface area (Å²) in [7, 11) is 0. The molecule has 12 rings (SSSR count). The molecule has 0 amide bonds. The lowest BCUT2D eigenvalue weighted by atomic mass is 9.73. The van der Waals surface area contributed by atoms with Crippen LogP contribution in [-0.2, 0) is 109 Å². The summed E-state index contributed by atoms with van der Waals surface area (Å²) >= 11 is 0. The zero-order chi connectivity index (χ0) is 99.4. The summed E-state index contributed by atoms with van der Waals surface area (Å²) in [6, 6.07) is 23.7. The average Bonchev–Trinajstić information content (AvgIpc) is 1.65. The van der Waals surface area contributed by atoms with Crippen LogP contribution in [0.25, 0.3) is 0 Å². The van der Waals surface area contributed by atoms with E-state index in [0.29, 0.717) is 102 Å². The van der Waals surface area contributed by atoms with E-state index in [9.17, 15) is 79.2 Å². The largest absolute Gasteiger partial charge is 0.482 e. The maximum Gasteiger partial charge on any atom is 0.344 e. The van der Waals surface area contributed by atoms with Gasteiger partial charge in [0.05, 0.1) is 75.1 Å². The van der Waals surface area contributed by atoms with Crippen LogP contribution in [0.1, 0.15) is 316 Å². The Hall–Kier alpha value is -8.48. The van der Waals surface area contributed by atoms with E-state index in [1.807, 2.05) is 48.5 Å². The van der Waals surface area contributed by atoms with Crippen LogP contribution in [0.15, 0.2) is 72.8 Å². The van der Waals surface area contributed by atoms with Crippen molar-refractivity contribution in [3.05, 3.63) is 117 Å². The fourth-order valence-electron chi connectivity index (χ4n) is 23.1. The monoisotopic (exact) mass is 1930 g/mol. The van der Waals surface area contributed by atoms with E-state index in [1.54, 1.807) is 0 Å². The lowest BCUT2D eigenvalue weighted by Crippen LogP contribution is -2.28. The number of aliphatic hydroxyl groups excluding tert-OH is 8. The van der Waals surface area contributed by atoms with E-state index >= 15 is 0 Å². The van der Waals surface area contributed by atoms with Crippen molar-refractivity contribution in [2.24, 2.45) is 71.0 Å². The van der Waals surface area contributed by atoms with E-state index in [2.05, 4.69) is 52.0 Å². The molecule has 8 aliphatic rings. The van der Waals surface area contributed by atoms with Crippen molar-refractivity contribution in [3.63, 3.8) is 0 Å². The molecule has 28 heteroatoms. The number of fused-ring (bicyclic) bond motifs is 8. The molecule has 8 aliphatic carbocycles. The molecule has 0 radical (unpaired) electrons. The summed E-state index contributed by atoms with van der Waals surface area (Å²) in [6.45, 7) is 8.22. The maximum absolute atomic E-state index is 12.1. The van der Waals surface area contributed by atoms with E-state index in [-0.39, 0.29) is 157 Å². The third-order valence-electron chi connectivity index (χ3n) is 30.4. The Morgan fingerprint density at radius 1 is 0.283 bits per heavy atom. The molecule has 0 spiro atoms. The Labute approximate surface area is 817 Å². The average molecular weight is 1930 g/mol. The van der Waals surface area contributed by atoms with Crippen LogP contribution < -0.4 is 18.9 Å². The first-order valence-electron chi connectivity index (χ1n) is 52.4. The van der Waals surface area contributed by atoms with Crippen LogP contribution in [0.4, 0.5) is 0 Å². The summed E-state index contributed by atoms with van der Waals surface area (Å²) in [6.07, 6.45) is 33.8. The van der Waals surface area contributed by atoms with Crippen LogP contribution >= 0.6 is 0 Å². The normalized spacial score (nSPS) is 24.0. The lowest BCUT2D eigenvalue weighted by molar-refractivity contribution is -0.149. The SMILES string of the molecule is CCCCC[C@H](O)CC[C@@H]1[C@H]2Cc3cccc(OCC(=O)OCCC(=O)O)c3C[C@H]2C[C@H]1O.CCCCC[C@H](O)CC[C@@H]1[C@H]2Cc3cccc(OCC(=O)OCCCC(=O)O)c3C[C@H]2C[C@H]1O.CCCCC[C@H](O)CC[C@@H]1[C@H]2Cc3cccc(OCC(=O)OCCCCC(=O)O)c3C[C@H]2C[C@H]1O.CCCCC[C@H](O)CC[C@@H]1[C@H]2Cc3cccc(OCC(=O)OCCCCCC(=O)O)c3C[C@H]2C[C@H]1O. The van der Waals surface area contributed by atoms with Gasteiger partial charge >= 0.3 is 47.8 Å². The van der Waals surface area contributed by atoms with E-state index in [4.69, 9.17) is 58.3 Å². The number of rotatable bonds is 58. The highest BCUT2D eigenvalue weighted by Gasteiger charge is 2.50. The van der Waals surface area contributed by atoms with Crippen LogP contribution in [0.5, 0.6) is 23.0 Å². The number of hydrogen-bond donors (Lipinski definition) is 12. The number of hydrogen-bond acceptors (Lipinski definition) is 24. The van der Waals surface area contributed by atoms with E-state index in [1.165, 1.54) is 22.3 Å². The summed E-state index contributed by atoms with van der Waals surface area (Å²) in [4.78, 5) is 90.1. The standard InChI is InChI=1S/C29H44O7.C28H42O7.C27H40O7.C26H38O7/c1-2-3-5-10-22(30)13-14-23-24-16-20-9-8-11-27(25(20)17-21(24)18-26(23)31)36-19-29(34)35-15-7-4-6-12-28(32)33;1-2-3-4-9-21(29)12-13-22-23-15-19-8-7-10-26(24(19)16-20(23)17-25(22)30)35-18-28(33)34-14-6-5-11-27(31)32;1-2-3-4-8-20(28)11-12-21-22-14-18-7-5-9-25(23(18)15-19(22)16-24(21)29)34-17-27(32)33-13-6-10-26(30)31;1-2-3-4-7-19(27)9-10-20-21-13-17-6-5-8-24(22(17)14-18(21)15-23(20)28)33-16-26(31)32-12-11-25(29)30/h8-9,11,21-24,26,30-31H,2-7,10,12-19H2,1H3,(H,32,33);7-8,10,20-23,25,29-30H,2-6,9,11-18H2,1H3,(H,31,32);5,7,9,19-22,24,28-29H,2-4,6,8,10-17H2,1H3,(H,30,31);5-6,8,18-21,23,27-28H,2-4,7,9-16H2,1H3,(H,29,30)/t21-,22-,23+,24-,26+;20-,21-,22+,23-,25+;19-,20-,21+,22-,24+;18-,19-,20+,21-,23+/m0000/s1. The summed E-state index contributed by atoms with van der Waals surface area (Å²) in [5.41, 5.74) is 9.28. The molecule has 12 N–H and O–H groups in total. The van der Waals surface area contributed by atoms with Gasteiger partial charge in [-0.3, -0.25) is 19.2 Å². The topological polar surface area (TPSA) is 453 Å². The van der Waals surface area contributed by atoms with Crippen LogP contribution in [0, 0.1) is 71.0 Å². The molecule has 772 valence electrons. The quantitative estimate of drug-likeness (QED) is 0.0111. The van der Waals surface area contributed by atoms with Gasteiger partial charge in [0.25, 0.3) is 0 Å². The number of aliphatic hydroxyl groups is 8. The van der Waals surface area contributed by atoms with Crippen molar-refractivity contribution in [2.75, 3.05) is 52.9 Å². The second kappa shape index (κ2) is 60.7. The van der Waals surface area contributed by atoms with Gasteiger partial charge in [-0.25, -0.2) is 19.2 Å². The third kappa shape index (κ3) is 37.4. The first kappa shape index (κ1) is 113. The highest BCUT2D eigenvalue weighted by atomic mass is 16.6. The molecule has 4 saturated carbocycles. The van der Waals surface area contributed by atoms with Gasteiger partial charge in [0.2, 0.25) is 0 Å². The van der Waals surface area contributed by atoms with Gasteiger partial charge in [-0.2, -0.15) is 0 Å². The second-order valence-corrected chi connectivity index (χ2v) is 40.4. The van der Waals surface area contributed by atoms with Gasteiger partial charge in [-0.15, -0.1) is 0 Å². The van der Waals surface area contributed by atoms with Crippen LogP contribution in [0.2, 0.25) is 0 Å². The third-order valence-corrected chi connectivity index (χ3v) is 30.4. The summed E-state index contributed by atoms with van der Waals surface area (Å²) in [5, 5.41) is 119. The van der Waals surface area contributed by atoms with Crippen LogP contribution in [0.3, 0.4) is 0 Å². The lowest BCUT2D eigenvalue weighted by Gasteiger charge is -2.32. The molecular weight excluding hydrogens is 1770 g/mol. The number of carbonyl (C=O) groups excluding carboxylic acids is 4. The number of carbonyl (C=O) groups is 8. The number of benzene rings is 4. The van der Waals surface area contributed by atoms with Crippen LogP contribution in [-0.4, -0.2) is 211 Å². The van der Waals surface area contributed by atoms with Gasteiger partial charge in [-0.1, -0.05) is 153 Å². The Morgan fingerprint density at radius 2 is 0.522 bits per heavy atom. The molecule has 0 saturated heterocycles. The first-order valence-corrected chi connectivity index (χ1v) is 52.4. The zero-order valence-corrected chi connectivity index (χ0v) is 82.6. The Kier molecular flexibility index (Phi) is 49.8. The van der Waals surface area contributed by atoms with Gasteiger partial charge in [-0.05, 0) is 332 Å². The molecule has 0 heterocycles. The van der Waals surface area contributed by atoms with E-state index in [0.717, 1.165) is 253 Å². The van der Waals surface area contributed by atoms with Gasteiger partial charge in [0.15, 0.2) is 26.4 Å². The molecule has 0 aliphatic heterocycles. The summed E-state index contributed by atoms with van der Waals surface area (Å²) in [5.74, 6) is 1.18. The molecule has 28 nitrogen and oxygen atoms in total. The van der Waals surface area contributed by atoms with E-state index < -0.39 is 47.8 Å². The number of esters is 4. The number of carboxylic acids is 4. The predicted molar refractivity (Wildman–Crippen MR) is 520 cm³/mol. The van der Waals surface area contributed by atoms with Crippen molar-refractivity contribution in [1.82, 2.24) is 0 Å². The fraction of sp³-hybridized carbons (Fsp3) is 0.709. The zero-order valence-electron chi connectivity index (χ0n) is 82.6. The highest BCUT2D eigenvalue weighted by Crippen LogP contribution is 2.53. The number of ether oxygens (including phenoxy) is 8. The molecule has 0 unspecified atom stereocenters. The molecule has 4 fully saturated rings. The maximum atomic E-state index is 12.1. The highest BCUT2D eigenvalue weighted by molar-refractivity contribution is 5.74. The summed E-state index contributed by atoms with van der Waals surface area (Å²) < 4.78 is 43.5. The Morgan fingerprint density at radius 3 is 0.783 bits per heavy atom. The molecule has 4 aromatic carbocycles. The van der Waals surface area contributed by atoms with Crippen molar-refractivity contribution in [1.29, 1.82) is 0 Å². The minimum absolute atomic E-state index is 0.0342. The molecule has 0 bridgehead atoms. The van der Waals surface area contributed by atoms with Gasteiger partial charge < -0.3 is 99.2 Å². The molecular formula is C110H164O28. The minimum atomic E-state index is -1.02. The fourth-order valence-corrected chi connectivity index (χ4v) is 23.1. The first-order chi connectivity index (χ1) is 66.5. The Balaban J connectivity index is 0.000000206. The molecule has 0 aromatic heterocycles. The number of carboxylic acid groups (broad SMARTS) is 4. The van der Waals surface area contributed by atoms with Crippen molar-refractivity contribution in [2.45, 2.75) is 372 Å². The smallest absolute Gasteiger partial charge is 0.344 e.